The van der Waals surface area contributed by atoms with Crippen molar-refractivity contribution >= 4 is 17.5 Å². The predicted octanol–water partition coefficient (Wildman–Crippen LogP) is 3.88. The number of rotatable bonds is 3. The Bertz CT molecular complexity index is 527. The standard InChI is InChI=1S/C12H14F2N2O4/c1-12(2,3)20-11(17)15-8-5-4-7(10(13)14)6-9(8)16(18)19/h4-6,10H,1-3H3,(H,15,17). The number of nitro benzene ring substituents is 1. The van der Waals surface area contributed by atoms with Gasteiger partial charge in [0.05, 0.1) is 4.92 Å². The van der Waals surface area contributed by atoms with Gasteiger partial charge in [-0.3, -0.25) is 15.4 Å². The first-order valence-corrected chi connectivity index (χ1v) is 5.66. The minimum absolute atomic E-state index is 0.200. The summed E-state index contributed by atoms with van der Waals surface area (Å²) in [5, 5.41) is 13.0. The first kappa shape index (κ1) is 15.8. The molecule has 0 unspecified atom stereocenters. The fourth-order valence-electron chi connectivity index (χ4n) is 1.35. The fraction of sp³-hybridized carbons (Fsp3) is 0.417. The molecular formula is C12H14F2N2O4. The van der Waals surface area contributed by atoms with Crippen molar-refractivity contribution in [3.63, 3.8) is 0 Å². The second-order valence-electron chi connectivity index (χ2n) is 4.96. The molecule has 0 aliphatic heterocycles. The molecule has 1 aromatic carbocycles. The number of benzene rings is 1. The number of amides is 1. The lowest BCUT2D eigenvalue weighted by Crippen LogP contribution is -2.27. The average molecular weight is 288 g/mol. The van der Waals surface area contributed by atoms with Crippen molar-refractivity contribution in [2.45, 2.75) is 32.8 Å². The molecule has 1 rings (SSSR count). The Balaban J connectivity index is 3.00. The van der Waals surface area contributed by atoms with E-state index in [1.165, 1.54) is 0 Å². The number of halogens is 2. The van der Waals surface area contributed by atoms with Crippen molar-refractivity contribution in [1.29, 1.82) is 0 Å². The topological polar surface area (TPSA) is 81.5 Å². The van der Waals surface area contributed by atoms with Crippen LogP contribution < -0.4 is 5.32 Å². The van der Waals surface area contributed by atoms with E-state index in [4.69, 9.17) is 4.74 Å². The molecule has 0 fully saturated rings. The molecule has 0 heterocycles. The number of carbonyl (C=O) groups excluding carboxylic acids is 1. The Morgan fingerprint density at radius 2 is 2.00 bits per heavy atom. The lowest BCUT2D eigenvalue weighted by molar-refractivity contribution is -0.384. The van der Waals surface area contributed by atoms with Crippen LogP contribution in [0.25, 0.3) is 0 Å². The van der Waals surface area contributed by atoms with Gasteiger partial charge >= 0.3 is 6.09 Å². The summed E-state index contributed by atoms with van der Waals surface area (Å²) < 4.78 is 29.9. The third kappa shape index (κ3) is 4.45. The molecule has 1 aromatic rings. The lowest BCUT2D eigenvalue weighted by Gasteiger charge is -2.19. The number of anilines is 1. The van der Waals surface area contributed by atoms with Gasteiger partial charge in [0, 0.05) is 11.6 Å². The van der Waals surface area contributed by atoms with E-state index in [1.54, 1.807) is 20.8 Å². The van der Waals surface area contributed by atoms with Gasteiger partial charge < -0.3 is 4.74 Å². The molecule has 110 valence electrons. The summed E-state index contributed by atoms with van der Waals surface area (Å²) in [5.74, 6) is 0. The second kappa shape index (κ2) is 5.81. The van der Waals surface area contributed by atoms with E-state index in [9.17, 15) is 23.7 Å². The quantitative estimate of drug-likeness (QED) is 0.676. The smallest absolute Gasteiger partial charge is 0.412 e. The van der Waals surface area contributed by atoms with Crippen molar-refractivity contribution in [3.8, 4) is 0 Å². The summed E-state index contributed by atoms with van der Waals surface area (Å²) in [4.78, 5) is 21.5. The Morgan fingerprint density at radius 1 is 1.40 bits per heavy atom. The van der Waals surface area contributed by atoms with Crippen LogP contribution in [-0.4, -0.2) is 16.6 Å². The normalized spacial score (nSPS) is 11.3. The highest BCUT2D eigenvalue weighted by Crippen LogP contribution is 2.30. The van der Waals surface area contributed by atoms with Crippen LogP contribution in [0.3, 0.4) is 0 Å². The zero-order valence-corrected chi connectivity index (χ0v) is 11.1. The number of hydrogen-bond donors (Lipinski definition) is 1. The zero-order valence-electron chi connectivity index (χ0n) is 11.1. The van der Waals surface area contributed by atoms with Gasteiger partial charge in [0.15, 0.2) is 0 Å². The van der Waals surface area contributed by atoms with Crippen LogP contribution in [0.15, 0.2) is 18.2 Å². The highest BCUT2D eigenvalue weighted by Gasteiger charge is 2.22. The molecule has 1 N–H and O–H groups in total. The third-order valence-electron chi connectivity index (χ3n) is 2.11. The summed E-state index contributed by atoms with van der Waals surface area (Å²) in [6.07, 6.45) is -3.73. The lowest BCUT2D eigenvalue weighted by atomic mass is 10.2. The molecule has 0 aliphatic rings. The monoisotopic (exact) mass is 288 g/mol. The van der Waals surface area contributed by atoms with Crippen molar-refractivity contribution < 1.29 is 23.2 Å². The number of ether oxygens (including phenoxy) is 1. The Morgan fingerprint density at radius 3 is 2.45 bits per heavy atom. The van der Waals surface area contributed by atoms with Gasteiger partial charge in [0.25, 0.3) is 12.1 Å². The number of hydrogen-bond acceptors (Lipinski definition) is 4. The van der Waals surface area contributed by atoms with Gasteiger partial charge in [-0.2, -0.15) is 0 Å². The average Bonchev–Trinajstić information content (AvgIpc) is 2.25. The summed E-state index contributed by atoms with van der Waals surface area (Å²) >= 11 is 0. The summed E-state index contributed by atoms with van der Waals surface area (Å²) in [5.41, 5.74) is -2.09. The van der Waals surface area contributed by atoms with Crippen molar-refractivity contribution in [2.75, 3.05) is 5.32 Å². The number of nitrogens with one attached hydrogen (secondary N) is 1. The summed E-state index contributed by atoms with van der Waals surface area (Å²) in [6.45, 7) is 4.88. The largest absolute Gasteiger partial charge is 0.444 e. The van der Waals surface area contributed by atoms with Gasteiger partial charge in [-0.25, -0.2) is 13.6 Å². The molecule has 0 aliphatic carbocycles. The van der Waals surface area contributed by atoms with E-state index < -0.39 is 34.3 Å². The molecule has 20 heavy (non-hydrogen) atoms. The fourth-order valence-corrected chi connectivity index (χ4v) is 1.35. The van der Waals surface area contributed by atoms with Gasteiger partial charge in [-0.1, -0.05) is 6.07 Å². The van der Waals surface area contributed by atoms with Crippen LogP contribution in [0.1, 0.15) is 32.8 Å². The van der Waals surface area contributed by atoms with Crippen molar-refractivity contribution in [3.05, 3.63) is 33.9 Å². The number of nitrogens with zero attached hydrogens (tertiary/aromatic N) is 1. The molecule has 0 bridgehead atoms. The van der Waals surface area contributed by atoms with E-state index >= 15 is 0 Å². The molecule has 0 saturated heterocycles. The highest BCUT2D eigenvalue weighted by atomic mass is 19.3. The van der Waals surface area contributed by atoms with E-state index in [0.717, 1.165) is 18.2 Å². The Labute approximate surface area is 113 Å². The minimum atomic E-state index is -2.83. The summed E-state index contributed by atoms with van der Waals surface area (Å²) in [6, 6.07) is 2.77. The van der Waals surface area contributed by atoms with E-state index in [0.29, 0.717) is 0 Å². The van der Waals surface area contributed by atoms with Crippen LogP contribution in [0.5, 0.6) is 0 Å². The van der Waals surface area contributed by atoms with Crippen LogP contribution in [-0.2, 0) is 4.74 Å². The molecule has 0 radical (unpaired) electrons. The third-order valence-corrected chi connectivity index (χ3v) is 2.11. The number of nitro groups is 1. The van der Waals surface area contributed by atoms with E-state index in [-0.39, 0.29) is 5.69 Å². The highest BCUT2D eigenvalue weighted by molar-refractivity contribution is 5.88. The summed E-state index contributed by atoms with van der Waals surface area (Å²) in [7, 11) is 0. The Hall–Kier alpha value is -2.25. The SMILES string of the molecule is CC(C)(C)OC(=O)Nc1ccc(C(F)F)cc1[N+](=O)[O-]. The van der Waals surface area contributed by atoms with Crippen LogP contribution in [0.2, 0.25) is 0 Å². The van der Waals surface area contributed by atoms with Crippen molar-refractivity contribution in [2.24, 2.45) is 0 Å². The maximum Gasteiger partial charge on any atom is 0.412 e. The van der Waals surface area contributed by atoms with Crippen molar-refractivity contribution in [1.82, 2.24) is 0 Å². The molecule has 0 atom stereocenters. The Kier molecular flexibility index (Phi) is 4.59. The van der Waals surface area contributed by atoms with Crippen LogP contribution in [0, 0.1) is 10.1 Å². The van der Waals surface area contributed by atoms with Gasteiger partial charge in [0.1, 0.15) is 11.3 Å². The zero-order chi connectivity index (χ0) is 15.5. The van der Waals surface area contributed by atoms with Crippen LogP contribution in [0.4, 0.5) is 25.0 Å². The van der Waals surface area contributed by atoms with Crippen LogP contribution >= 0.6 is 0 Å². The molecule has 0 saturated carbocycles. The molecule has 0 spiro atoms. The maximum atomic E-state index is 12.5. The molecule has 0 aromatic heterocycles. The molecule has 6 nitrogen and oxygen atoms in total. The van der Waals surface area contributed by atoms with Gasteiger partial charge in [0.2, 0.25) is 0 Å². The molecular weight excluding hydrogens is 274 g/mol. The number of carbonyl (C=O) groups is 1. The predicted molar refractivity (Wildman–Crippen MR) is 67.9 cm³/mol. The minimum Gasteiger partial charge on any atom is -0.444 e. The molecule has 1 amide bonds. The number of alkyl halides is 2. The first-order chi connectivity index (χ1) is 9.10. The van der Waals surface area contributed by atoms with E-state index in [2.05, 4.69) is 5.32 Å². The first-order valence-electron chi connectivity index (χ1n) is 5.66. The van der Waals surface area contributed by atoms with Gasteiger partial charge in [-0.05, 0) is 26.8 Å². The maximum absolute atomic E-state index is 12.5. The second-order valence-corrected chi connectivity index (χ2v) is 4.96. The molecule has 8 heteroatoms. The van der Waals surface area contributed by atoms with E-state index in [1.807, 2.05) is 0 Å². The van der Waals surface area contributed by atoms with Gasteiger partial charge in [-0.15, -0.1) is 0 Å².